The Hall–Kier alpha value is -3.33. The summed E-state index contributed by atoms with van der Waals surface area (Å²) in [6.07, 6.45) is 0. The van der Waals surface area contributed by atoms with Gasteiger partial charge in [-0.2, -0.15) is 0 Å². The molecular weight excluding hydrogens is 334 g/mol. The number of carbonyl (C=O) groups excluding carboxylic acids is 1. The number of ether oxygens (including phenoxy) is 1. The number of fused-ring (bicyclic) bond motifs is 1. The minimum absolute atomic E-state index is 0.0441. The van der Waals surface area contributed by atoms with Gasteiger partial charge in [0.2, 0.25) is 0 Å². The molecule has 0 saturated carbocycles. The minimum Gasteiger partial charge on any atom is -0.497 e. The van der Waals surface area contributed by atoms with Crippen LogP contribution in [0, 0.1) is 13.8 Å². The topological polar surface area (TPSA) is 38.3 Å². The Morgan fingerprint density at radius 1 is 0.815 bits per heavy atom. The summed E-state index contributed by atoms with van der Waals surface area (Å²) in [6, 6.07) is 21.7. The molecule has 0 amide bonds. The number of benzene rings is 3. The largest absolute Gasteiger partial charge is 0.497 e. The van der Waals surface area contributed by atoms with Crippen LogP contribution in [0.2, 0.25) is 0 Å². The van der Waals surface area contributed by atoms with E-state index in [1.54, 1.807) is 7.11 Å². The van der Waals surface area contributed by atoms with Gasteiger partial charge in [-0.1, -0.05) is 42.5 Å². The third-order valence-electron chi connectivity index (χ3n) is 4.79. The van der Waals surface area contributed by atoms with Gasteiger partial charge in [-0.05, 0) is 54.8 Å². The summed E-state index contributed by atoms with van der Waals surface area (Å²) in [6.45, 7) is 4.15. The Bertz CT molecular complexity index is 1040. The van der Waals surface area contributed by atoms with Gasteiger partial charge in [0.1, 0.15) is 5.75 Å². The minimum atomic E-state index is 0.0441. The predicted octanol–water partition coefficient (Wildman–Crippen LogP) is 5.49. The molecule has 27 heavy (non-hydrogen) atoms. The maximum absolute atomic E-state index is 13.2. The fourth-order valence-electron chi connectivity index (χ4n) is 3.64. The highest BCUT2D eigenvalue weighted by molar-refractivity contribution is 6.40. The summed E-state index contributed by atoms with van der Waals surface area (Å²) in [5.74, 6) is 0.814. The van der Waals surface area contributed by atoms with Crippen molar-refractivity contribution in [1.82, 2.24) is 0 Å². The van der Waals surface area contributed by atoms with E-state index in [0.29, 0.717) is 5.57 Å². The third kappa shape index (κ3) is 3.13. The number of hydrogen-bond donors (Lipinski definition) is 1. The molecule has 0 bridgehead atoms. The number of allylic oxidation sites excluding steroid dienone is 1. The Morgan fingerprint density at radius 2 is 1.44 bits per heavy atom. The van der Waals surface area contributed by atoms with E-state index < -0.39 is 0 Å². The average Bonchev–Trinajstić information content (AvgIpc) is 2.93. The van der Waals surface area contributed by atoms with Crippen molar-refractivity contribution in [3.8, 4) is 5.75 Å². The molecule has 3 aromatic carbocycles. The predicted molar refractivity (Wildman–Crippen MR) is 110 cm³/mol. The van der Waals surface area contributed by atoms with E-state index in [2.05, 4.69) is 37.4 Å². The van der Waals surface area contributed by atoms with Gasteiger partial charge >= 0.3 is 0 Å². The molecule has 3 aromatic rings. The molecule has 1 N–H and O–H groups in total. The van der Waals surface area contributed by atoms with Crippen molar-refractivity contribution in [3.63, 3.8) is 0 Å². The van der Waals surface area contributed by atoms with E-state index in [1.807, 2.05) is 48.5 Å². The van der Waals surface area contributed by atoms with E-state index in [4.69, 9.17) is 4.74 Å². The number of carbonyl (C=O) groups is 1. The number of aryl methyl sites for hydroxylation is 2. The molecule has 3 heteroatoms. The number of nitrogens with one attached hydrogen (secondary N) is 1. The van der Waals surface area contributed by atoms with Gasteiger partial charge in [0.25, 0.3) is 0 Å². The van der Waals surface area contributed by atoms with E-state index in [0.717, 1.165) is 33.8 Å². The summed E-state index contributed by atoms with van der Waals surface area (Å²) < 4.78 is 5.25. The van der Waals surface area contributed by atoms with Gasteiger partial charge in [-0.3, -0.25) is 4.79 Å². The zero-order valence-corrected chi connectivity index (χ0v) is 15.7. The first kappa shape index (κ1) is 17.1. The highest BCUT2D eigenvalue weighted by Crippen LogP contribution is 2.39. The first-order chi connectivity index (χ1) is 13.1. The second-order valence-corrected chi connectivity index (χ2v) is 6.85. The summed E-state index contributed by atoms with van der Waals surface area (Å²) in [5.41, 5.74) is 7.44. The van der Waals surface area contributed by atoms with Crippen LogP contribution in [0.4, 0.5) is 5.69 Å². The van der Waals surface area contributed by atoms with Crippen LogP contribution in [0.5, 0.6) is 5.75 Å². The number of ketones is 1. The normalized spacial score (nSPS) is 12.9. The zero-order chi connectivity index (χ0) is 19.0. The fourth-order valence-corrected chi connectivity index (χ4v) is 3.64. The summed E-state index contributed by atoms with van der Waals surface area (Å²) in [7, 11) is 1.64. The molecule has 3 nitrogen and oxygen atoms in total. The van der Waals surface area contributed by atoms with E-state index >= 15 is 0 Å². The molecule has 0 aliphatic heterocycles. The van der Waals surface area contributed by atoms with Crippen LogP contribution in [-0.2, 0) is 0 Å². The molecule has 0 saturated heterocycles. The van der Waals surface area contributed by atoms with Gasteiger partial charge in [-0.25, -0.2) is 0 Å². The van der Waals surface area contributed by atoms with Crippen LogP contribution in [0.3, 0.4) is 0 Å². The highest BCUT2D eigenvalue weighted by Gasteiger charge is 2.30. The maximum atomic E-state index is 13.2. The van der Waals surface area contributed by atoms with Gasteiger partial charge in [0.05, 0.1) is 18.4 Å². The van der Waals surface area contributed by atoms with Crippen molar-refractivity contribution >= 4 is 22.7 Å². The molecule has 1 aliphatic rings. The molecule has 0 fully saturated rings. The van der Waals surface area contributed by atoms with Crippen LogP contribution in [0.1, 0.15) is 32.6 Å². The SMILES string of the molecule is COc1ccc(C2=C(Nc3cc(C)cc(C)c3)c3ccccc3C2=O)cc1. The van der Waals surface area contributed by atoms with Gasteiger partial charge in [-0.15, -0.1) is 0 Å². The van der Waals surface area contributed by atoms with Crippen LogP contribution >= 0.6 is 0 Å². The first-order valence-electron chi connectivity index (χ1n) is 8.95. The van der Waals surface area contributed by atoms with Crippen molar-refractivity contribution in [2.24, 2.45) is 0 Å². The van der Waals surface area contributed by atoms with E-state index in [1.165, 1.54) is 11.1 Å². The Balaban J connectivity index is 1.86. The van der Waals surface area contributed by atoms with Crippen LogP contribution < -0.4 is 10.1 Å². The Kier molecular flexibility index (Phi) is 4.28. The lowest BCUT2D eigenvalue weighted by atomic mass is 10.0. The molecule has 0 aromatic heterocycles. The third-order valence-corrected chi connectivity index (χ3v) is 4.79. The monoisotopic (exact) mass is 355 g/mol. The lowest BCUT2D eigenvalue weighted by Gasteiger charge is -2.13. The number of methoxy groups -OCH3 is 1. The van der Waals surface area contributed by atoms with Crippen molar-refractivity contribution < 1.29 is 9.53 Å². The Labute approximate surface area is 159 Å². The average molecular weight is 355 g/mol. The summed E-state index contributed by atoms with van der Waals surface area (Å²) >= 11 is 0. The van der Waals surface area contributed by atoms with Crippen molar-refractivity contribution in [2.75, 3.05) is 12.4 Å². The molecule has 1 aliphatic carbocycles. The zero-order valence-electron chi connectivity index (χ0n) is 15.7. The molecule has 0 heterocycles. The second kappa shape index (κ2) is 6.76. The highest BCUT2D eigenvalue weighted by atomic mass is 16.5. The van der Waals surface area contributed by atoms with Crippen molar-refractivity contribution in [3.05, 3.63) is 94.5 Å². The summed E-state index contributed by atoms with van der Waals surface area (Å²) in [5, 5.41) is 3.51. The van der Waals surface area contributed by atoms with Crippen LogP contribution in [-0.4, -0.2) is 12.9 Å². The standard InChI is InChI=1S/C24H21NO2/c1-15-12-16(2)14-18(13-15)25-23-20-6-4-5-7-21(20)24(26)22(23)17-8-10-19(27-3)11-9-17/h4-14,25H,1-3H3. The van der Waals surface area contributed by atoms with Crippen LogP contribution in [0.15, 0.2) is 66.7 Å². The number of rotatable bonds is 4. The van der Waals surface area contributed by atoms with Crippen LogP contribution in [0.25, 0.3) is 11.3 Å². The summed E-state index contributed by atoms with van der Waals surface area (Å²) in [4.78, 5) is 13.2. The van der Waals surface area contributed by atoms with E-state index in [9.17, 15) is 4.79 Å². The Morgan fingerprint density at radius 3 is 2.07 bits per heavy atom. The lowest BCUT2D eigenvalue weighted by molar-refractivity contribution is 0.105. The van der Waals surface area contributed by atoms with Crippen molar-refractivity contribution in [1.29, 1.82) is 0 Å². The molecular formula is C24H21NO2. The number of anilines is 1. The molecule has 0 unspecified atom stereocenters. The first-order valence-corrected chi connectivity index (χ1v) is 8.95. The van der Waals surface area contributed by atoms with Gasteiger partial charge in [0.15, 0.2) is 5.78 Å². The van der Waals surface area contributed by atoms with Crippen molar-refractivity contribution in [2.45, 2.75) is 13.8 Å². The number of Topliss-reactive ketones (excluding diaryl/α,β-unsaturated/α-hetero) is 1. The fraction of sp³-hybridized carbons (Fsp3) is 0.125. The number of hydrogen-bond acceptors (Lipinski definition) is 3. The molecule has 0 atom stereocenters. The molecule has 134 valence electrons. The molecule has 0 radical (unpaired) electrons. The van der Waals surface area contributed by atoms with E-state index in [-0.39, 0.29) is 5.78 Å². The molecule has 0 spiro atoms. The van der Waals surface area contributed by atoms with Gasteiger partial charge < -0.3 is 10.1 Å². The quantitative estimate of drug-likeness (QED) is 0.672. The van der Waals surface area contributed by atoms with Gasteiger partial charge in [0, 0.05) is 16.8 Å². The smallest absolute Gasteiger partial charge is 0.196 e. The molecule has 4 rings (SSSR count). The lowest BCUT2D eigenvalue weighted by Crippen LogP contribution is -2.02. The second-order valence-electron chi connectivity index (χ2n) is 6.85. The maximum Gasteiger partial charge on any atom is 0.196 e.